The highest BCUT2D eigenvalue weighted by Gasteiger charge is 2.39. The maximum Gasteiger partial charge on any atom is 0.233 e. The Kier molecular flexibility index (Phi) is 3.00. The molecule has 25 heavy (non-hydrogen) atoms. The summed E-state index contributed by atoms with van der Waals surface area (Å²) in [6.07, 6.45) is 2.46. The molecular weight excluding hydrogens is 318 g/mol. The molecule has 126 valence electrons. The first-order valence-electron chi connectivity index (χ1n) is 8.37. The zero-order valence-corrected chi connectivity index (χ0v) is 13.8. The monoisotopic (exact) mass is 335 g/mol. The number of benzene rings is 1. The van der Waals surface area contributed by atoms with Gasteiger partial charge >= 0.3 is 0 Å². The molecule has 0 bridgehead atoms. The van der Waals surface area contributed by atoms with Gasteiger partial charge in [0.25, 0.3) is 0 Å². The summed E-state index contributed by atoms with van der Waals surface area (Å²) in [7, 11) is 1.80. The van der Waals surface area contributed by atoms with E-state index in [1.807, 2.05) is 23.1 Å². The van der Waals surface area contributed by atoms with Crippen molar-refractivity contribution >= 4 is 28.6 Å². The van der Waals surface area contributed by atoms with Crippen LogP contribution in [0.1, 0.15) is 5.56 Å². The van der Waals surface area contributed by atoms with Gasteiger partial charge in [0.05, 0.1) is 5.92 Å². The van der Waals surface area contributed by atoms with Crippen molar-refractivity contribution in [3.63, 3.8) is 0 Å². The van der Waals surface area contributed by atoms with Crippen LogP contribution < -0.4 is 9.80 Å². The molecular formula is C17H17N7O. The molecule has 5 rings (SSSR count). The van der Waals surface area contributed by atoms with Crippen molar-refractivity contribution in [1.29, 1.82) is 0 Å². The van der Waals surface area contributed by atoms with Crippen LogP contribution in [-0.2, 0) is 18.3 Å². The van der Waals surface area contributed by atoms with E-state index in [0.29, 0.717) is 24.3 Å². The summed E-state index contributed by atoms with van der Waals surface area (Å²) in [4.78, 5) is 25.4. The van der Waals surface area contributed by atoms with Gasteiger partial charge in [0.2, 0.25) is 5.91 Å². The number of fused-ring (bicyclic) bond motifs is 2. The number of anilines is 2. The maximum atomic E-state index is 12.9. The number of nitrogens with zero attached hydrogens (tertiary/aromatic N) is 7. The Hall–Kier alpha value is -3.03. The minimum Gasteiger partial charge on any atom is -0.353 e. The predicted molar refractivity (Wildman–Crippen MR) is 92.3 cm³/mol. The maximum absolute atomic E-state index is 12.9. The Labute approximate surface area is 144 Å². The van der Waals surface area contributed by atoms with Crippen molar-refractivity contribution in [2.45, 2.75) is 6.42 Å². The molecule has 1 fully saturated rings. The van der Waals surface area contributed by atoms with Gasteiger partial charge in [-0.2, -0.15) is 0 Å². The molecule has 2 aliphatic heterocycles. The Morgan fingerprint density at radius 3 is 2.92 bits per heavy atom. The molecule has 8 nitrogen and oxygen atoms in total. The first-order chi connectivity index (χ1) is 12.2. The van der Waals surface area contributed by atoms with E-state index >= 15 is 0 Å². The molecule has 1 aromatic carbocycles. The molecule has 0 unspecified atom stereocenters. The Morgan fingerprint density at radius 1 is 1.20 bits per heavy atom. The van der Waals surface area contributed by atoms with Crippen LogP contribution in [0.5, 0.6) is 0 Å². The van der Waals surface area contributed by atoms with Crippen LogP contribution in [0.25, 0.3) is 11.2 Å². The van der Waals surface area contributed by atoms with Gasteiger partial charge in [-0.25, -0.2) is 14.6 Å². The average molecular weight is 335 g/mol. The van der Waals surface area contributed by atoms with E-state index in [-0.39, 0.29) is 11.8 Å². The summed E-state index contributed by atoms with van der Waals surface area (Å²) < 4.78 is 1.63. The van der Waals surface area contributed by atoms with Crippen LogP contribution in [-0.4, -0.2) is 50.5 Å². The number of rotatable bonds is 2. The fourth-order valence-electron chi connectivity index (χ4n) is 3.67. The van der Waals surface area contributed by atoms with Crippen LogP contribution in [0.3, 0.4) is 0 Å². The highest BCUT2D eigenvalue weighted by atomic mass is 16.2. The van der Waals surface area contributed by atoms with E-state index in [2.05, 4.69) is 31.2 Å². The van der Waals surface area contributed by atoms with Crippen molar-refractivity contribution in [1.82, 2.24) is 25.0 Å². The zero-order chi connectivity index (χ0) is 17.0. The molecule has 8 heteroatoms. The predicted octanol–water partition coefficient (Wildman–Crippen LogP) is 0.784. The average Bonchev–Trinajstić information content (AvgIpc) is 3.18. The number of carbonyl (C=O) groups is 1. The number of para-hydroxylation sites is 1. The highest BCUT2D eigenvalue weighted by molar-refractivity contribution is 5.99. The van der Waals surface area contributed by atoms with Gasteiger partial charge in [-0.05, 0) is 18.1 Å². The van der Waals surface area contributed by atoms with E-state index in [9.17, 15) is 4.79 Å². The van der Waals surface area contributed by atoms with Gasteiger partial charge in [0.1, 0.15) is 6.33 Å². The first-order valence-corrected chi connectivity index (χ1v) is 8.37. The molecule has 0 atom stereocenters. The van der Waals surface area contributed by atoms with E-state index < -0.39 is 0 Å². The van der Waals surface area contributed by atoms with Crippen LogP contribution in [0.15, 0.2) is 30.6 Å². The van der Waals surface area contributed by atoms with E-state index in [1.165, 1.54) is 11.9 Å². The van der Waals surface area contributed by atoms with Crippen LogP contribution in [0.4, 0.5) is 11.5 Å². The van der Waals surface area contributed by atoms with Crippen LogP contribution in [0, 0.1) is 5.92 Å². The Balaban J connectivity index is 1.34. The fraction of sp³-hybridized carbons (Fsp3) is 0.353. The van der Waals surface area contributed by atoms with Gasteiger partial charge in [-0.15, -0.1) is 5.10 Å². The van der Waals surface area contributed by atoms with Gasteiger partial charge in [-0.1, -0.05) is 23.4 Å². The molecule has 3 aromatic rings. The van der Waals surface area contributed by atoms with Crippen molar-refractivity contribution in [3.05, 3.63) is 36.2 Å². The quantitative estimate of drug-likeness (QED) is 0.689. The molecule has 0 aliphatic carbocycles. The SMILES string of the molecule is Cn1nnc2c(N3CC(C(=O)N4CCc5ccccc54)C3)ncnc21. The smallest absolute Gasteiger partial charge is 0.233 e. The van der Waals surface area contributed by atoms with Gasteiger partial charge in [-0.3, -0.25) is 4.79 Å². The second-order valence-electron chi connectivity index (χ2n) is 6.55. The Morgan fingerprint density at radius 2 is 2.04 bits per heavy atom. The summed E-state index contributed by atoms with van der Waals surface area (Å²) in [6, 6.07) is 8.15. The molecule has 4 heterocycles. The minimum atomic E-state index is -0.00663. The topological polar surface area (TPSA) is 80.0 Å². The normalized spacial score (nSPS) is 17.0. The molecule has 1 saturated heterocycles. The highest BCUT2D eigenvalue weighted by Crippen LogP contribution is 2.33. The summed E-state index contributed by atoms with van der Waals surface area (Å²) >= 11 is 0. The summed E-state index contributed by atoms with van der Waals surface area (Å²) in [5.41, 5.74) is 3.70. The second-order valence-corrected chi connectivity index (χ2v) is 6.55. The number of hydrogen-bond donors (Lipinski definition) is 0. The number of hydrogen-bond acceptors (Lipinski definition) is 6. The summed E-state index contributed by atoms with van der Waals surface area (Å²) in [6.45, 7) is 2.08. The third-order valence-corrected chi connectivity index (χ3v) is 5.05. The first kappa shape index (κ1) is 14.3. The lowest BCUT2D eigenvalue weighted by atomic mass is 9.98. The van der Waals surface area contributed by atoms with Gasteiger partial charge < -0.3 is 9.80 Å². The van der Waals surface area contributed by atoms with Crippen LogP contribution in [0.2, 0.25) is 0 Å². The standard InChI is InChI=1S/C17H17N7O/c1-22-15-14(20-21-22)16(19-10-18-15)23-8-12(9-23)17(25)24-7-6-11-4-2-3-5-13(11)24/h2-5,10,12H,6-9H2,1H3. The lowest BCUT2D eigenvalue weighted by Crippen LogP contribution is -2.55. The molecule has 0 spiro atoms. The number of aryl methyl sites for hydroxylation is 1. The zero-order valence-electron chi connectivity index (χ0n) is 13.8. The van der Waals surface area contributed by atoms with Crippen molar-refractivity contribution < 1.29 is 4.79 Å². The van der Waals surface area contributed by atoms with Crippen molar-refractivity contribution in [3.8, 4) is 0 Å². The van der Waals surface area contributed by atoms with Crippen LogP contribution >= 0.6 is 0 Å². The van der Waals surface area contributed by atoms with E-state index in [0.717, 1.165) is 24.5 Å². The van der Waals surface area contributed by atoms with Gasteiger partial charge in [0, 0.05) is 32.4 Å². The number of aromatic nitrogens is 5. The second kappa shape index (κ2) is 5.23. The van der Waals surface area contributed by atoms with Gasteiger partial charge in [0.15, 0.2) is 17.0 Å². The summed E-state index contributed by atoms with van der Waals surface area (Å²) in [5, 5.41) is 8.15. The molecule has 0 N–H and O–H groups in total. The molecule has 2 aliphatic rings. The lowest BCUT2D eigenvalue weighted by molar-refractivity contribution is -0.123. The summed E-state index contributed by atoms with van der Waals surface area (Å²) in [5.74, 6) is 0.947. The minimum absolute atomic E-state index is 0.00663. The number of amides is 1. The van der Waals surface area contributed by atoms with E-state index in [4.69, 9.17) is 0 Å². The Bertz CT molecular complexity index is 976. The molecule has 2 aromatic heterocycles. The fourth-order valence-corrected chi connectivity index (χ4v) is 3.67. The third-order valence-electron chi connectivity index (χ3n) is 5.05. The molecule has 0 saturated carbocycles. The largest absolute Gasteiger partial charge is 0.353 e. The van der Waals surface area contributed by atoms with Crippen molar-refractivity contribution in [2.24, 2.45) is 13.0 Å². The number of carbonyl (C=O) groups excluding carboxylic acids is 1. The lowest BCUT2D eigenvalue weighted by Gasteiger charge is -2.40. The van der Waals surface area contributed by atoms with E-state index in [1.54, 1.807) is 11.7 Å². The van der Waals surface area contributed by atoms with Crippen molar-refractivity contribution in [2.75, 3.05) is 29.4 Å². The molecule has 0 radical (unpaired) electrons. The molecule has 1 amide bonds. The third kappa shape index (κ3) is 2.10.